The monoisotopic (exact) mass is 233 g/mol. The smallest absolute Gasteiger partial charge is 0.119 e. The summed E-state index contributed by atoms with van der Waals surface area (Å²) >= 11 is 1.72. The Morgan fingerprint density at radius 2 is 2.19 bits per heavy atom. The molecule has 0 aliphatic heterocycles. The molecule has 16 heavy (non-hydrogen) atoms. The molecule has 0 bridgehead atoms. The molecule has 0 amide bonds. The van der Waals surface area contributed by atoms with E-state index in [1.165, 1.54) is 5.56 Å². The molecule has 2 rings (SSSR count). The zero-order valence-electron chi connectivity index (χ0n) is 9.27. The lowest BCUT2D eigenvalue weighted by molar-refractivity contribution is 0.322. The maximum Gasteiger partial charge on any atom is 0.119 e. The Kier molecular flexibility index (Phi) is 3.47. The van der Waals surface area contributed by atoms with Crippen molar-refractivity contribution in [3.8, 4) is 5.75 Å². The fourth-order valence-corrected chi connectivity index (χ4v) is 2.16. The molecule has 0 aliphatic rings. The highest BCUT2D eigenvalue weighted by atomic mass is 32.1. The summed E-state index contributed by atoms with van der Waals surface area (Å²) in [5.41, 5.74) is 8.94. The molecule has 1 aromatic carbocycles. The van der Waals surface area contributed by atoms with Gasteiger partial charge in [0.1, 0.15) is 5.75 Å². The minimum Gasteiger partial charge on any atom is -0.493 e. The highest BCUT2D eigenvalue weighted by molar-refractivity contribution is 7.07. The third-order valence-electron chi connectivity index (χ3n) is 2.48. The molecule has 3 heteroatoms. The predicted molar refractivity (Wildman–Crippen MR) is 69.1 cm³/mol. The molecule has 0 saturated heterocycles. The van der Waals surface area contributed by atoms with Crippen LogP contribution in [0.15, 0.2) is 35.0 Å². The molecule has 0 atom stereocenters. The van der Waals surface area contributed by atoms with Crippen LogP contribution in [0.5, 0.6) is 5.75 Å². The van der Waals surface area contributed by atoms with E-state index in [-0.39, 0.29) is 0 Å². The van der Waals surface area contributed by atoms with Crippen LogP contribution in [0.3, 0.4) is 0 Å². The van der Waals surface area contributed by atoms with Crippen molar-refractivity contribution in [2.24, 2.45) is 0 Å². The van der Waals surface area contributed by atoms with Crippen LogP contribution in [0, 0.1) is 6.92 Å². The second-order valence-corrected chi connectivity index (χ2v) is 4.53. The normalized spacial score (nSPS) is 10.3. The highest BCUT2D eigenvalue weighted by Crippen LogP contribution is 2.18. The van der Waals surface area contributed by atoms with Crippen LogP contribution < -0.4 is 10.5 Å². The Labute approximate surface area is 99.7 Å². The second kappa shape index (κ2) is 5.03. The number of aryl methyl sites for hydroxylation is 1. The van der Waals surface area contributed by atoms with Gasteiger partial charge in [0.15, 0.2) is 0 Å². The fourth-order valence-electron chi connectivity index (χ4n) is 1.46. The number of hydrogen-bond donors (Lipinski definition) is 1. The number of anilines is 1. The first kappa shape index (κ1) is 11.0. The lowest BCUT2D eigenvalue weighted by atomic mass is 10.2. The number of rotatable bonds is 4. The van der Waals surface area contributed by atoms with E-state index >= 15 is 0 Å². The van der Waals surface area contributed by atoms with E-state index in [4.69, 9.17) is 10.5 Å². The van der Waals surface area contributed by atoms with E-state index in [9.17, 15) is 0 Å². The number of hydrogen-bond acceptors (Lipinski definition) is 3. The van der Waals surface area contributed by atoms with E-state index in [1.54, 1.807) is 11.3 Å². The van der Waals surface area contributed by atoms with E-state index in [2.05, 4.69) is 16.8 Å². The standard InChI is InChI=1S/C13H15NOS/c1-10-8-12(2-3-13(10)14)15-6-4-11-5-7-16-9-11/h2-3,5,7-9H,4,6,14H2,1H3. The molecule has 1 heterocycles. The third-order valence-corrected chi connectivity index (χ3v) is 3.21. The molecule has 1 aromatic heterocycles. The molecule has 2 N–H and O–H groups in total. The van der Waals surface area contributed by atoms with Crippen LogP contribution in [-0.4, -0.2) is 6.61 Å². The minimum atomic E-state index is 0.708. The summed E-state index contributed by atoms with van der Waals surface area (Å²) in [5, 5.41) is 4.24. The van der Waals surface area contributed by atoms with Crippen molar-refractivity contribution in [2.75, 3.05) is 12.3 Å². The van der Waals surface area contributed by atoms with Crippen molar-refractivity contribution >= 4 is 17.0 Å². The van der Waals surface area contributed by atoms with Crippen molar-refractivity contribution in [1.29, 1.82) is 0 Å². The van der Waals surface area contributed by atoms with E-state index in [0.29, 0.717) is 6.61 Å². The number of nitrogens with two attached hydrogens (primary N) is 1. The van der Waals surface area contributed by atoms with Gasteiger partial charge < -0.3 is 10.5 Å². The summed E-state index contributed by atoms with van der Waals surface area (Å²) in [5.74, 6) is 0.891. The zero-order valence-corrected chi connectivity index (χ0v) is 10.1. The Balaban J connectivity index is 1.87. The Morgan fingerprint density at radius 3 is 2.88 bits per heavy atom. The van der Waals surface area contributed by atoms with Gasteiger partial charge in [-0.1, -0.05) is 0 Å². The SMILES string of the molecule is Cc1cc(OCCc2ccsc2)ccc1N. The number of benzene rings is 1. The average molecular weight is 233 g/mol. The largest absolute Gasteiger partial charge is 0.493 e. The summed E-state index contributed by atoms with van der Waals surface area (Å²) in [4.78, 5) is 0. The number of nitrogen functional groups attached to an aromatic ring is 1. The van der Waals surface area contributed by atoms with Crippen molar-refractivity contribution in [1.82, 2.24) is 0 Å². The lowest BCUT2D eigenvalue weighted by Gasteiger charge is -2.07. The van der Waals surface area contributed by atoms with Gasteiger partial charge in [-0.15, -0.1) is 0 Å². The Hall–Kier alpha value is -1.48. The average Bonchev–Trinajstić information content (AvgIpc) is 2.76. The summed E-state index contributed by atoms with van der Waals surface area (Å²) in [6, 6.07) is 7.90. The first-order valence-electron chi connectivity index (χ1n) is 5.26. The summed E-state index contributed by atoms with van der Waals surface area (Å²) in [6.45, 7) is 2.70. The third kappa shape index (κ3) is 2.76. The summed E-state index contributed by atoms with van der Waals surface area (Å²) in [6.07, 6.45) is 0.951. The van der Waals surface area contributed by atoms with Gasteiger partial charge in [0.05, 0.1) is 6.61 Å². The van der Waals surface area contributed by atoms with Crippen LogP contribution in [0.4, 0.5) is 5.69 Å². The second-order valence-electron chi connectivity index (χ2n) is 3.75. The predicted octanol–water partition coefficient (Wildman–Crippen LogP) is 3.26. The van der Waals surface area contributed by atoms with Crippen molar-refractivity contribution in [3.05, 3.63) is 46.2 Å². The Morgan fingerprint density at radius 1 is 1.31 bits per heavy atom. The van der Waals surface area contributed by atoms with Gasteiger partial charge in [0.2, 0.25) is 0 Å². The van der Waals surface area contributed by atoms with Crippen molar-refractivity contribution in [2.45, 2.75) is 13.3 Å². The highest BCUT2D eigenvalue weighted by Gasteiger charge is 1.98. The topological polar surface area (TPSA) is 35.2 Å². The molecule has 0 spiro atoms. The molecular formula is C13H15NOS. The molecule has 0 radical (unpaired) electrons. The molecule has 0 unspecified atom stereocenters. The summed E-state index contributed by atoms with van der Waals surface area (Å²) < 4.78 is 5.66. The van der Waals surface area contributed by atoms with Gasteiger partial charge in [-0.2, -0.15) is 11.3 Å². The van der Waals surface area contributed by atoms with Crippen LogP contribution >= 0.6 is 11.3 Å². The first-order chi connectivity index (χ1) is 7.75. The van der Waals surface area contributed by atoms with Crippen LogP contribution in [0.2, 0.25) is 0 Å². The lowest BCUT2D eigenvalue weighted by Crippen LogP contribution is -2.01. The number of thiophene rings is 1. The number of ether oxygens (including phenoxy) is 1. The molecule has 84 valence electrons. The van der Waals surface area contributed by atoms with Gasteiger partial charge in [0.25, 0.3) is 0 Å². The van der Waals surface area contributed by atoms with E-state index in [1.807, 2.05) is 25.1 Å². The zero-order chi connectivity index (χ0) is 11.4. The summed E-state index contributed by atoms with van der Waals surface area (Å²) in [7, 11) is 0. The van der Waals surface area contributed by atoms with Crippen molar-refractivity contribution < 1.29 is 4.74 Å². The molecule has 0 fully saturated rings. The van der Waals surface area contributed by atoms with Gasteiger partial charge in [-0.3, -0.25) is 0 Å². The molecule has 2 nitrogen and oxygen atoms in total. The van der Waals surface area contributed by atoms with E-state index < -0.39 is 0 Å². The molecule has 0 aliphatic carbocycles. The van der Waals surface area contributed by atoms with Gasteiger partial charge in [-0.05, 0) is 53.1 Å². The maximum atomic E-state index is 5.74. The minimum absolute atomic E-state index is 0.708. The van der Waals surface area contributed by atoms with Gasteiger partial charge in [-0.25, -0.2) is 0 Å². The van der Waals surface area contributed by atoms with Crippen LogP contribution in [0.25, 0.3) is 0 Å². The van der Waals surface area contributed by atoms with Crippen LogP contribution in [-0.2, 0) is 6.42 Å². The molecule has 0 saturated carbocycles. The van der Waals surface area contributed by atoms with Gasteiger partial charge in [0, 0.05) is 12.1 Å². The maximum absolute atomic E-state index is 5.74. The van der Waals surface area contributed by atoms with Gasteiger partial charge >= 0.3 is 0 Å². The molecule has 2 aromatic rings. The quantitative estimate of drug-likeness (QED) is 0.823. The van der Waals surface area contributed by atoms with Crippen LogP contribution in [0.1, 0.15) is 11.1 Å². The van der Waals surface area contributed by atoms with E-state index in [0.717, 1.165) is 23.4 Å². The first-order valence-corrected chi connectivity index (χ1v) is 6.20. The molecular weight excluding hydrogens is 218 g/mol. The Bertz CT molecular complexity index is 451. The fraction of sp³-hybridized carbons (Fsp3) is 0.231. The van der Waals surface area contributed by atoms with Crippen molar-refractivity contribution in [3.63, 3.8) is 0 Å².